The molecule has 0 bridgehead atoms. The van der Waals surface area contributed by atoms with Crippen LogP contribution in [0.2, 0.25) is 0 Å². The Hall–Kier alpha value is -2.36. The second-order valence-electron chi connectivity index (χ2n) is 5.02. The minimum Gasteiger partial charge on any atom is -0.388 e. The number of carbonyl (C=O) groups is 2. The molecule has 2 rings (SSSR count). The first-order valence-corrected chi connectivity index (χ1v) is 7.05. The molecule has 21 heavy (non-hydrogen) atoms. The summed E-state index contributed by atoms with van der Waals surface area (Å²) < 4.78 is 6.55. The number of hydrogen-bond donors (Lipinski definition) is 0. The van der Waals surface area contributed by atoms with Gasteiger partial charge in [-0.2, -0.15) is 0 Å². The molecular formula is C17H19NO3. The molecule has 1 heterocycles. The van der Waals surface area contributed by atoms with Crippen molar-refractivity contribution >= 4 is 11.9 Å². The molecule has 0 N–H and O–H groups in total. The normalized spacial score (nSPS) is 10.4. The highest BCUT2D eigenvalue weighted by Crippen LogP contribution is 2.14. The van der Waals surface area contributed by atoms with Crippen LogP contribution in [0.3, 0.4) is 0 Å². The van der Waals surface area contributed by atoms with Gasteiger partial charge >= 0.3 is 11.9 Å². The highest BCUT2D eigenvalue weighted by Gasteiger charge is 2.15. The highest BCUT2D eigenvalue weighted by molar-refractivity contribution is 5.97. The van der Waals surface area contributed by atoms with E-state index in [4.69, 9.17) is 4.74 Å². The van der Waals surface area contributed by atoms with Crippen molar-refractivity contribution in [1.29, 1.82) is 0 Å². The van der Waals surface area contributed by atoms with Crippen LogP contribution in [0, 0.1) is 6.92 Å². The van der Waals surface area contributed by atoms with E-state index < -0.39 is 11.9 Å². The van der Waals surface area contributed by atoms with Crippen molar-refractivity contribution < 1.29 is 14.3 Å². The molecule has 0 aliphatic heterocycles. The van der Waals surface area contributed by atoms with E-state index in [-0.39, 0.29) is 6.54 Å². The fourth-order valence-corrected chi connectivity index (χ4v) is 2.21. The highest BCUT2D eigenvalue weighted by atomic mass is 16.6. The quantitative estimate of drug-likeness (QED) is 0.626. The summed E-state index contributed by atoms with van der Waals surface area (Å²) in [4.78, 5) is 23.7. The van der Waals surface area contributed by atoms with Crippen molar-refractivity contribution in [2.75, 3.05) is 0 Å². The van der Waals surface area contributed by atoms with Crippen molar-refractivity contribution in [3.63, 3.8) is 0 Å². The Kier molecular flexibility index (Phi) is 4.93. The smallest absolute Gasteiger partial charge is 0.346 e. The van der Waals surface area contributed by atoms with Gasteiger partial charge in [-0.05, 0) is 42.7 Å². The molecule has 0 saturated heterocycles. The zero-order valence-electron chi connectivity index (χ0n) is 12.3. The molecule has 0 unspecified atom stereocenters. The number of aryl methyl sites for hydroxylation is 2. The zero-order valence-corrected chi connectivity index (χ0v) is 12.3. The first kappa shape index (κ1) is 15.0. The Morgan fingerprint density at radius 3 is 2.52 bits per heavy atom. The lowest BCUT2D eigenvalue weighted by Gasteiger charge is -2.08. The topological polar surface area (TPSA) is 48.3 Å². The van der Waals surface area contributed by atoms with E-state index in [1.165, 1.54) is 5.56 Å². The second kappa shape index (κ2) is 6.88. The Labute approximate surface area is 124 Å². The predicted molar refractivity (Wildman–Crippen MR) is 80.0 cm³/mol. The van der Waals surface area contributed by atoms with Crippen molar-refractivity contribution in [2.24, 2.45) is 0 Å². The lowest BCUT2D eigenvalue weighted by atomic mass is 10.0. The van der Waals surface area contributed by atoms with E-state index in [0.29, 0.717) is 5.56 Å². The van der Waals surface area contributed by atoms with Crippen LogP contribution in [0.4, 0.5) is 0 Å². The Bertz CT molecular complexity index is 629. The van der Waals surface area contributed by atoms with E-state index in [0.717, 1.165) is 18.4 Å². The molecule has 0 aliphatic carbocycles. The number of hydrogen-bond acceptors (Lipinski definition) is 3. The Morgan fingerprint density at radius 2 is 1.90 bits per heavy atom. The number of rotatable bonds is 5. The molecule has 2 aromatic rings. The molecule has 0 atom stereocenters. The molecule has 1 aromatic heterocycles. The summed E-state index contributed by atoms with van der Waals surface area (Å²) >= 11 is 0. The van der Waals surface area contributed by atoms with Crippen LogP contribution in [0.25, 0.3) is 0 Å². The molecule has 4 heteroatoms. The number of carbonyl (C=O) groups excluding carboxylic acids is 2. The second-order valence-corrected chi connectivity index (χ2v) is 5.02. The first-order valence-electron chi connectivity index (χ1n) is 7.05. The standard InChI is InChI=1S/C17H19NO3/c1-3-6-14-7-8-15(13(2)11-14)17(20)21-16(19)12-18-9-4-5-10-18/h4-5,7-11H,3,6,12H2,1-2H3. The third kappa shape index (κ3) is 4.05. The Morgan fingerprint density at radius 1 is 1.19 bits per heavy atom. The van der Waals surface area contributed by atoms with Crippen molar-refractivity contribution in [1.82, 2.24) is 4.57 Å². The lowest BCUT2D eigenvalue weighted by Crippen LogP contribution is -2.18. The van der Waals surface area contributed by atoms with Crippen LogP contribution in [0.1, 0.15) is 34.8 Å². The van der Waals surface area contributed by atoms with Gasteiger partial charge in [0, 0.05) is 12.4 Å². The SMILES string of the molecule is CCCc1ccc(C(=O)OC(=O)Cn2cccc2)c(C)c1. The van der Waals surface area contributed by atoms with Gasteiger partial charge in [-0.1, -0.05) is 25.5 Å². The van der Waals surface area contributed by atoms with Crippen molar-refractivity contribution in [3.8, 4) is 0 Å². The van der Waals surface area contributed by atoms with Crippen LogP contribution < -0.4 is 0 Å². The molecule has 0 amide bonds. The van der Waals surface area contributed by atoms with Gasteiger partial charge in [0.25, 0.3) is 0 Å². The number of benzene rings is 1. The maximum absolute atomic E-state index is 12.0. The molecule has 0 fully saturated rings. The maximum Gasteiger partial charge on any atom is 0.346 e. The summed E-state index contributed by atoms with van der Waals surface area (Å²) in [5.74, 6) is -1.15. The third-order valence-corrected chi connectivity index (χ3v) is 3.23. The van der Waals surface area contributed by atoms with Crippen LogP contribution in [-0.4, -0.2) is 16.5 Å². The van der Waals surface area contributed by atoms with Crippen LogP contribution in [-0.2, 0) is 22.5 Å². The van der Waals surface area contributed by atoms with Crippen LogP contribution in [0.5, 0.6) is 0 Å². The van der Waals surface area contributed by atoms with Crippen molar-refractivity contribution in [2.45, 2.75) is 33.2 Å². The average Bonchev–Trinajstić information content (AvgIpc) is 2.91. The van der Waals surface area contributed by atoms with Gasteiger partial charge in [0.2, 0.25) is 0 Å². The van der Waals surface area contributed by atoms with Gasteiger partial charge in [0.15, 0.2) is 0 Å². The Balaban J connectivity index is 2.01. The summed E-state index contributed by atoms with van der Waals surface area (Å²) in [7, 11) is 0. The molecule has 4 nitrogen and oxygen atoms in total. The monoisotopic (exact) mass is 285 g/mol. The molecule has 1 aromatic carbocycles. The molecule has 110 valence electrons. The summed E-state index contributed by atoms with van der Waals surface area (Å²) in [6.07, 6.45) is 5.52. The molecule has 0 radical (unpaired) electrons. The molecule has 0 saturated carbocycles. The average molecular weight is 285 g/mol. The predicted octanol–water partition coefficient (Wildman–Crippen LogP) is 3.13. The minimum atomic E-state index is -0.590. The summed E-state index contributed by atoms with van der Waals surface area (Å²) in [6, 6.07) is 9.23. The van der Waals surface area contributed by atoms with Gasteiger partial charge in [0.1, 0.15) is 6.54 Å². The fourth-order valence-electron chi connectivity index (χ4n) is 2.21. The molecular weight excluding hydrogens is 266 g/mol. The minimum absolute atomic E-state index is 0.0334. The van der Waals surface area contributed by atoms with E-state index in [1.807, 2.05) is 31.2 Å². The van der Waals surface area contributed by atoms with Crippen molar-refractivity contribution in [3.05, 3.63) is 59.4 Å². The molecule has 0 aliphatic rings. The lowest BCUT2D eigenvalue weighted by molar-refractivity contribution is -0.138. The van der Waals surface area contributed by atoms with Gasteiger partial charge < -0.3 is 9.30 Å². The van der Waals surface area contributed by atoms with Gasteiger partial charge in [-0.25, -0.2) is 9.59 Å². The number of esters is 2. The summed E-state index contributed by atoms with van der Waals surface area (Å²) in [6.45, 7) is 4.00. The number of nitrogens with zero attached hydrogens (tertiary/aromatic N) is 1. The van der Waals surface area contributed by atoms with E-state index in [2.05, 4.69) is 6.92 Å². The largest absolute Gasteiger partial charge is 0.388 e. The van der Waals surface area contributed by atoms with Gasteiger partial charge in [0.05, 0.1) is 5.56 Å². The first-order chi connectivity index (χ1) is 10.1. The third-order valence-electron chi connectivity index (χ3n) is 3.23. The number of ether oxygens (including phenoxy) is 1. The van der Waals surface area contributed by atoms with Crippen LogP contribution in [0.15, 0.2) is 42.7 Å². The van der Waals surface area contributed by atoms with Gasteiger partial charge in [-0.15, -0.1) is 0 Å². The van der Waals surface area contributed by atoms with E-state index in [9.17, 15) is 9.59 Å². The molecule has 0 spiro atoms. The summed E-state index contributed by atoms with van der Waals surface area (Å²) in [5, 5.41) is 0. The zero-order chi connectivity index (χ0) is 15.2. The van der Waals surface area contributed by atoms with Gasteiger partial charge in [-0.3, -0.25) is 0 Å². The van der Waals surface area contributed by atoms with E-state index in [1.54, 1.807) is 23.0 Å². The fraction of sp³-hybridized carbons (Fsp3) is 0.294. The van der Waals surface area contributed by atoms with E-state index >= 15 is 0 Å². The maximum atomic E-state index is 12.0. The summed E-state index contributed by atoms with van der Waals surface area (Å²) in [5.41, 5.74) is 2.46. The van der Waals surface area contributed by atoms with Crippen LogP contribution >= 0.6 is 0 Å². The number of aromatic nitrogens is 1.